The maximum absolute atomic E-state index is 12.6. The first-order chi connectivity index (χ1) is 11.6. The van der Waals surface area contributed by atoms with Crippen LogP contribution >= 0.6 is 23.5 Å². The molecule has 5 nitrogen and oxygen atoms in total. The van der Waals surface area contributed by atoms with Crippen molar-refractivity contribution < 1.29 is 4.79 Å². The normalized spacial score (nSPS) is 20.8. The molecule has 1 saturated heterocycles. The second-order valence-corrected chi connectivity index (χ2v) is 8.83. The summed E-state index contributed by atoms with van der Waals surface area (Å²) in [6.07, 6.45) is 5.47. The Morgan fingerprint density at radius 3 is 2.67 bits per heavy atom. The lowest BCUT2D eigenvalue weighted by molar-refractivity contribution is -0.128. The van der Waals surface area contributed by atoms with Gasteiger partial charge in [-0.2, -0.15) is 0 Å². The summed E-state index contributed by atoms with van der Waals surface area (Å²) in [6.45, 7) is 6.41. The summed E-state index contributed by atoms with van der Waals surface area (Å²) in [5.41, 5.74) is 0.966. The number of hydrogen-bond acceptors (Lipinski definition) is 5. The van der Waals surface area contributed by atoms with Crippen LogP contribution in [0.15, 0.2) is 14.8 Å². The van der Waals surface area contributed by atoms with Gasteiger partial charge in [-0.1, -0.05) is 31.5 Å². The molecule has 3 rings (SSSR count). The maximum atomic E-state index is 12.6. The maximum Gasteiger partial charge on any atom is 0.268 e. The van der Waals surface area contributed by atoms with Crippen LogP contribution in [-0.2, 0) is 17.8 Å². The molecular formula is C17H25N3O2S2. The number of thioether (sulfide) groups is 2. The van der Waals surface area contributed by atoms with Crippen LogP contribution in [0.2, 0.25) is 0 Å². The molecule has 2 aliphatic rings. The number of fused-ring (bicyclic) bond motifs is 1. The molecule has 0 aliphatic carbocycles. The van der Waals surface area contributed by atoms with Gasteiger partial charge in [0.15, 0.2) is 5.16 Å². The van der Waals surface area contributed by atoms with Crippen LogP contribution in [0.1, 0.15) is 45.2 Å². The van der Waals surface area contributed by atoms with Crippen molar-refractivity contribution in [3.63, 3.8) is 0 Å². The Hall–Kier alpha value is -0.950. The third-order valence-electron chi connectivity index (χ3n) is 4.56. The van der Waals surface area contributed by atoms with Gasteiger partial charge in [0.1, 0.15) is 0 Å². The average molecular weight is 368 g/mol. The zero-order valence-corrected chi connectivity index (χ0v) is 16.0. The lowest BCUT2D eigenvalue weighted by Crippen LogP contribution is -2.33. The Morgan fingerprint density at radius 2 is 2.00 bits per heavy atom. The highest BCUT2D eigenvalue weighted by Gasteiger charge is 2.26. The van der Waals surface area contributed by atoms with Crippen LogP contribution in [0.3, 0.4) is 0 Å². The topological polar surface area (TPSA) is 55.2 Å². The van der Waals surface area contributed by atoms with Crippen molar-refractivity contribution in [2.24, 2.45) is 0 Å². The summed E-state index contributed by atoms with van der Waals surface area (Å²) in [7, 11) is 0. The van der Waals surface area contributed by atoms with Gasteiger partial charge in [-0.3, -0.25) is 14.2 Å². The van der Waals surface area contributed by atoms with E-state index in [2.05, 4.69) is 6.92 Å². The van der Waals surface area contributed by atoms with Crippen LogP contribution in [0.5, 0.6) is 0 Å². The van der Waals surface area contributed by atoms with E-state index in [1.165, 1.54) is 24.6 Å². The quantitative estimate of drug-likeness (QED) is 0.605. The molecule has 1 aromatic rings. The Bertz CT molecular complexity index is 667. The monoisotopic (exact) mass is 367 g/mol. The van der Waals surface area contributed by atoms with Crippen molar-refractivity contribution in [2.75, 3.05) is 18.8 Å². The van der Waals surface area contributed by atoms with E-state index in [0.717, 1.165) is 42.9 Å². The summed E-state index contributed by atoms with van der Waals surface area (Å²) in [5, 5.41) is 1.10. The van der Waals surface area contributed by atoms with Gasteiger partial charge in [-0.25, -0.2) is 4.98 Å². The first-order valence-corrected chi connectivity index (χ1v) is 10.7. The molecule has 2 aliphatic heterocycles. The highest BCUT2D eigenvalue weighted by molar-refractivity contribution is 8.00. The van der Waals surface area contributed by atoms with E-state index < -0.39 is 0 Å². The number of amides is 1. The van der Waals surface area contributed by atoms with Gasteiger partial charge in [0.25, 0.3) is 5.56 Å². The number of nitrogens with zero attached hydrogens (tertiary/aromatic N) is 3. The van der Waals surface area contributed by atoms with Crippen LogP contribution in [-0.4, -0.2) is 44.5 Å². The largest absolute Gasteiger partial charge is 0.342 e. The van der Waals surface area contributed by atoms with Crippen molar-refractivity contribution in [3.05, 3.63) is 16.0 Å². The molecule has 1 atom stereocenters. The van der Waals surface area contributed by atoms with Gasteiger partial charge in [0, 0.05) is 31.3 Å². The smallest absolute Gasteiger partial charge is 0.268 e. The molecule has 0 N–H and O–H groups in total. The predicted molar refractivity (Wildman–Crippen MR) is 99.0 cm³/mol. The molecule has 1 aromatic heterocycles. The molecule has 0 spiro atoms. The van der Waals surface area contributed by atoms with Crippen molar-refractivity contribution in [1.29, 1.82) is 0 Å². The lowest BCUT2D eigenvalue weighted by atomic mass is 10.2. The predicted octanol–water partition coefficient (Wildman–Crippen LogP) is 2.79. The SMILES string of the molecule is CCn1c(SCC(=O)N2CCCCCC2)nc2c(c1=O)SC(C)C2. The van der Waals surface area contributed by atoms with E-state index in [1.807, 2.05) is 11.8 Å². The van der Waals surface area contributed by atoms with Gasteiger partial charge < -0.3 is 4.90 Å². The Labute approximate surface area is 151 Å². The van der Waals surface area contributed by atoms with Crippen molar-refractivity contribution in [2.45, 2.75) is 67.8 Å². The third-order valence-corrected chi connectivity index (χ3v) is 6.74. The highest BCUT2D eigenvalue weighted by Crippen LogP contribution is 2.34. The number of carbonyl (C=O) groups is 1. The number of aromatic nitrogens is 2. The molecule has 3 heterocycles. The average Bonchev–Trinajstić information content (AvgIpc) is 2.77. The van der Waals surface area contributed by atoms with Crippen LogP contribution in [0.4, 0.5) is 0 Å². The molecule has 1 amide bonds. The highest BCUT2D eigenvalue weighted by atomic mass is 32.2. The number of rotatable bonds is 4. The van der Waals surface area contributed by atoms with Gasteiger partial charge in [-0.05, 0) is 19.8 Å². The molecule has 1 fully saturated rings. The van der Waals surface area contributed by atoms with Gasteiger partial charge >= 0.3 is 0 Å². The summed E-state index contributed by atoms with van der Waals surface area (Å²) in [6, 6.07) is 0. The minimum absolute atomic E-state index is 0.0570. The fourth-order valence-corrected chi connectivity index (χ4v) is 5.36. The third kappa shape index (κ3) is 3.82. The van der Waals surface area contributed by atoms with E-state index in [9.17, 15) is 9.59 Å². The number of carbonyl (C=O) groups excluding carboxylic acids is 1. The molecular weight excluding hydrogens is 342 g/mol. The van der Waals surface area contributed by atoms with E-state index in [0.29, 0.717) is 22.7 Å². The fourth-order valence-electron chi connectivity index (χ4n) is 3.26. The van der Waals surface area contributed by atoms with Crippen LogP contribution in [0, 0.1) is 0 Å². The van der Waals surface area contributed by atoms with Crippen LogP contribution < -0.4 is 5.56 Å². The Kier molecular flexibility index (Phi) is 5.92. The molecule has 7 heteroatoms. The molecule has 0 aromatic carbocycles. The number of likely N-dealkylation sites (tertiary alicyclic amines) is 1. The van der Waals surface area contributed by atoms with E-state index in [-0.39, 0.29) is 11.5 Å². The minimum atomic E-state index is 0.0570. The molecule has 0 bridgehead atoms. The summed E-state index contributed by atoms with van der Waals surface area (Å²) in [5.74, 6) is 0.538. The zero-order valence-electron chi connectivity index (χ0n) is 14.4. The Morgan fingerprint density at radius 1 is 1.29 bits per heavy atom. The van der Waals surface area contributed by atoms with Gasteiger partial charge in [-0.15, -0.1) is 11.8 Å². The van der Waals surface area contributed by atoms with Gasteiger partial charge in [0.05, 0.1) is 16.3 Å². The second-order valence-electron chi connectivity index (χ2n) is 6.44. The molecule has 1 unspecified atom stereocenters. The van der Waals surface area contributed by atoms with Gasteiger partial charge in [0.2, 0.25) is 5.91 Å². The Balaban J connectivity index is 1.73. The molecule has 0 saturated carbocycles. The first kappa shape index (κ1) is 17.9. The van der Waals surface area contributed by atoms with E-state index in [1.54, 1.807) is 16.3 Å². The second kappa shape index (κ2) is 7.95. The van der Waals surface area contributed by atoms with Crippen molar-refractivity contribution in [1.82, 2.24) is 14.5 Å². The summed E-state index contributed by atoms with van der Waals surface area (Å²) in [4.78, 5) is 32.6. The molecule has 132 valence electrons. The molecule has 24 heavy (non-hydrogen) atoms. The molecule has 0 radical (unpaired) electrons. The lowest BCUT2D eigenvalue weighted by Gasteiger charge is -2.20. The van der Waals surface area contributed by atoms with Crippen LogP contribution in [0.25, 0.3) is 0 Å². The van der Waals surface area contributed by atoms with Crippen molar-refractivity contribution in [3.8, 4) is 0 Å². The summed E-state index contributed by atoms with van der Waals surface area (Å²) >= 11 is 3.04. The van der Waals surface area contributed by atoms with E-state index in [4.69, 9.17) is 4.98 Å². The van der Waals surface area contributed by atoms with Crippen molar-refractivity contribution >= 4 is 29.4 Å². The first-order valence-electron chi connectivity index (χ1n) is 8.81. The summed E-state index contributed by atoms with van der Waals surface area (Å²) < 4.78 is 1.71. The minimum Gasteiger partial charge on any atom is -0.342 e. The van der Waals surface area contributed by atoms with E-state index >= 15 is 0 Å². The zero-order chi connectivity index (χ0) is 17.1. The standard InChI is InChI=1S/C17H25N3O2S2/c1-3-20-16(22)15-13(10-12(2)24-15)18-17(20)23-11-14(21)19-8-6-4-5-7-9-19/h12H,3-11H2,1-2H3. The number of hydrogen-bond donors (Lipinski definition) is 0. The fraction of sp³-hybridized carbons (Fsp3) is 0.706.